The van der Waals surface area contributed by atoms with E-state index in [4.69, 9.17) is 9.72 Å². The van der Waals surface area contributed by atoms with Crippen LogP contribution < -0.4 is 5.32 Å². The van der Waals surface area contributed by atoms with Gasteiger partial charge in [0.25, 0.3) is 0 Å². The van der Waals surface area contributed by atoms with Crippen LogP contribution in [0.5, 0.6) is 0 Å². The van der Waals surface area contributed by atoms with Crippen LogP contribution in [-0.4, -0.2) is 69.7 Å². The summed E-state index contributed by atoms with van der Waals surface area (Å²) in [4.78, 5) is 23.5. The number of carboxylic acid groups (broad SMARTS) is 1. The molecule has 1 aliphatic heterocycles. The molecule has 2 N–H and O–H groups in total. The highest BCUT2D eigenvalue weighted by Gasteiger charge is 2.18. The van der Waals surface area contributed by atoms with E-state index in [9.17, 15) is 9.90 Å². The molecule has 0 aliphatic carbocycles. The number of carboxylic acids is 1. The van der Waals surface area contributed by atoms with Gasteiger partial charge in [-0.25, -0.2) is 14.8 Å². The van der Waals surface area contributed by atoms with Crippen molar-refractivity contribution in [3.63, 3.8) is 0 Å². The summed E-state index contributed by atoms with van der Waals surface area (Å²) in [6.45, 7) is 5.17. The average molecular weight is 391 g/mol. The Hall–Kier alpha value is -3.23. The summed E-state index contributed by atoms with van der Waals surface area (Å²) in [6, 6.07) is 13.1. The number of benzene rings is 1. The monoisotopic (exact) mass is 391 g/mol. The van der Waals surface area contributed by atoms with Crippen LogP contribution >= 0.6 is 0 Å². The predicted octanol–water partition coefficient (Wildman–Crippen LogP) is 2.48. The molecule has 0 spiro atoms. The largest absolute Gasteiger partial charge is 0.478 e. The zero-order valence-electron chi connectivity index (χ0n) is 15.8. The molecule has 1 saturated heterocycles. The van der Waals surface area contributed by atoms with Crippen LogP contribution in [0.4, 0.5) is 5.82 Å². The lowest BCUT2D eigenvalue weighted by molar-refractivity contribution is 0.0398. The van der Waals surface area contributed by atoms with Crippen molar-refractivity contribution >= 4 is 39.5 Å². The van der Waals surface area contributed by atoms with E-state index in [-0.39, 0.29) is 5.56 Å². The SMILES string of the molecule is O=C(O)c1cc2ccc(NCCN3CCOCC3)nc2n2c1nc1ccccc12. The minimum Gasteiger partial charge on any atom is -0.478 e. The maximum atomic E-state index is 11.8. The van der Waals surface area contributed by atoms with Gasteiger partial charge in [0.15, 0.2) is 5.65 Å². The lowest BCUT2D eigenvalue weighted by Crippen LogP contribution is -2.39. The Balaban J connectivity index is 1.54. The first-order valence-electron chi connectivity index (χ1n) is 9.69. The van der Waals surface area contributed by atoms with Crippen LogP contribution in [-0.2, 0) is 4.74 Å². The average Bonchev–Trinajstić information content (AvgIpc) is 3.13. The fourth-order valence-corrected chi connectivity index (χ4v) is 3.81. The van der Waals surface area contributed by atoms with E-state index < -0.39 is 5.97 Å². The second-order valence-electron chi connectivity index (χ2n) is 7.11. The summed E-state index contributed by atoms with van der Waals surface area (Å²) >= 11 is 0. The highest BCUT2D eigenvalue weighted by Crippen LogP contribution is 2.26. The zero-order chi connectivity index (χ0) is 19.8. The van der Waals surface area contributed by atoms with Crippen molar-refractivity contribution in [3.05, 3.63) is 48.0 Å². The highest BCUT2D eigenvalue weighted by atomic mass is 16.5. The third-order valence-corrected chi connectivity index (χ3v) is 5.29. The topological polar surface area (TPSA) is 92.0 Å². The summed E-state index contributed by atoms with van der Waals surface area (Å²) in [5, 5.41) is 13.8. The Bertz CT molecular complexity index is 1210. The summed E-state index contributed by atoms with van der Waals surface area (Å²) in [5.74, 6) is -0.243. The number of aromatic carboxylic acids is 1. The molecule has 0 bridgehead atoms. The standard InChI is InChI=1S/C21H21N5O3/c27-21(28)15-13-14-5-6-18(22-7-8-25-9-11-29-12-10-25)24-19(14)26-17-4-2-1-3-16(17)23-20(15)26/h1-6,13H,7-12H2,(H,22,24)(H,27,28). The molecule has 4 aromatic rings. The molecule has 0 unspecified atom stereocenters. The normalized spacial score (nSPS) is 15.3. The Morgan fingerprint density at radius 3 is 2.76 bits per heavy atom. The quantitative estimate of drug-likeness (QED) is 0.540. The van der Waals surface area contributed by atoms with Crippen molar-refractivity contribution in [2.45, 2.75) is 0 Å². The van der Waals surface area contributed by atoms with Gasteiger partial charge < -0.3 is 15.2 Å². The molecule has 1 aromatic carbocycles. The number of fused-ring (bicyclic) bond motifs is 5. The molecule has 1 aliphatic rings. The van der Waals surface area contributed by atoms with Gasteiger partial charge in [-0.15, -0.1) is 0 Å². The Kier molecular flexibility index (Phi) is 4.49. The Morgan fingerprint density at radius 2 is 1.93 bits per heavy atom. The maximum Gasteiger partial charge on any atom is 0.339 e. The third kappa shape index (κ3) is 3.26. The molecule has 29 heavy (non-hydrogen) atoms. The zero-order valence-corrected chi connectivity index (χ0v) is 15.8. The molecule has 8 nitrogen and oxygen atoms in total. The van der Waals surface area contributed by atoms with Crippen LogP contribution in [0.2, 0.25) is 0 Å². The maximum absolute atomic E-state index is 11.8. The van der Waals surface area contributed by atoms with Crippen LogP contribution in [0.15, 0.2) is 42.5 Å². The van der Waals surface area contributed by atoms with Gasteiger partial charge in [-0.2, -0.15) is 0 Å². The lowest BCUT2D eigenvalue weighted by Gasteiger charge is -2.26. The van der Waals surface area contributed by atoms with Crippen LogP contribution in [0.1, 0.15) is 10.4 Å². The van der Waals surface area contributed by atoms with Gasteiger partial charge in [0.1, 0.15) is 17.0 Å². The number of hydrogen-bond acceptors (Lipinski definition) is 6. The van der Waals surface area contributed by atoms with E-state index in [0.29, 0.717) is 11.3 Å². The number of nitrogens with zero attached hydrogens (tertiary/aromatic N) is 4. The number of aromatic nitrogens is 3. The van der Waals surface area contributed by atoms with Crippen molar-refractivity contribution in [1.82, 2.24) is 19.3 Å². The van der Waals surface area contributed by atoms with E-state index in [1.807, 2.05) is 40.8 Å². The van der Waals surface area contributed by atoms with E-state index in [0.717, 1.165) is 61.6 Å². The summed E-state index contributed by atoms with van der Waals surface area (Å²) in [7, 11) is 0. The van der Waals surface area contributed by atoms with Gasteiger partial charge in [0, 0.05) is 31.6 Å². The number of imidazole rings is 1. The molecular formula is C21H21N5O3. The molecule has 5 rings (SSSR count). The third-order valence-electron chi connectivity index (χ3n) is 5.29. The molecular weight excluding hydrogens is 370 g/mol. The summed E-state index contributed by atoms with van der Waals surface area (Å²) < 4.78 is 7.22. The molecule has 4 heterocycles. The number of para-hydroxylation sites is 2. The predicted molar refractivity (Wildman–Crippen MR) is 111 cm³/mol. The van der Waals surface area contributed by atoms with Gasteiger partial charge in [0.05, 0.1) is 24.2 Å². The Labute approximate surface area is 166 Å². The van der Waals surface area contributed by atoms with Crippen molar-refractivity contribution < 1.29 is 14.6 Å². The molecule has 0 saturated carbocycles. The van der Waals surface area contributed by atoms with Crippen LogP contribution in [0.25, 0.3) is 27.7 Å². The summed E-state index contributed by atoms with van der Waals surface area (Å²) in [5.41, 5.74) is 2.85. The minimum atomic E-state index is -1.00. The lowest BCUT2D eigenvalue weighted by atomic mass is 10.2. The number of hydrogen-bond donors (Lipinski definition) is 2. The molecule has 1 fully saturated rings. The first-order chi connectivity index (χ1) is 14.2. The van der Waals surface area contributed by atoms with Gasteiger partial charge in [0.2, 0.25) is 0 Å². The van der Waals surface area contributed by atoms with Gasteiger partial charge in [-0.05, 0) is 30.3 Å². The molecule has 0 radical (unpaired) electrons. The Morgan fingerprint density at radius 1 is 1.10 bits per heavy atom. The first-order valence-corrected chi connectivity index (χ1v) is 9.69. The molecule has 8 heteroatoms. The first kappa shape index (κ1) is 17.8. The molecule has 148 valence electrons. The van der Waals surface area contributed by atoms with Gasteiger partial charge >= 0.3 is 5.97 Å². The molecule has 0 atom stereocenters. The fourth-order valence-electron chi connectivity index (χ4n) is 3.81. The number of pyridine rings is 2. The molecule has 0 amide bonds. The summed E-state index contributed by atoms with van der Waals surface area (Å²) in [6.07, 6.45) is 0. The highest BCUT2D eigenvalue weighted by molar-refractivity contribution is 6.02. The van der Waals surface area contributed by atoms with E-state index in [1.165, 1.54) is 0 Å². The van der Waals surface area contributed by atoms with Gasteiger partial charge in [-0.3, -0.25) is 9.30 Å². The van der Waals surface area contributed by atoms with Crippen LogP contribution in [0, 0.1) is 0 Å². The minimum absolute atomic E-state index is 0.170. The van der Waals surface area contributed by atoms with Crippen molar-refractivity contribution in [2.24, 2.45) is 0 Å². The number of ether oxygens (including phenoxy) is 1. The fraction of sp³-hybridized carbons (Fsp3) is 0.286. The van der Waals surface area contributed by atoms with E-state index in [1.54, 1.807) is 6.07 Å². The number of nitrogens with one attached hydrogen (secondary N) is 1. The van der Waals surface area contributed by atoms with Crippen molar-refractivity contribution in [2.75, 3.05) is 44.7 Å². The van der Waals surface area contributed by atoms with E-state index in [2.05, 4.69) is 15.2 Å². The van der Waals surface area contributed by atoms with Crippen molar-refractivity contribution in [3.8, 4) is 0 Å². The van der Waals surface area contributed by atoms with Crippen molar-refractivity contribution in [1.29, 1.82) is 0 Å². The number of anilines is 1. The van der Waals surface area contributed by atoms with Crippen LogP contribution in [0.3, 0.4) is 0 Å². The van der Waals surface area contributed by atoms with E-state index >= 15 is 0 Å². The second kappa shape index (κ2) is 7.31. The second-order valence-corrected chi connectivity index (χ2v) is 7.11. The molecule has 3 aromatic heterocycles. The van der Waals surface area contributed by atoms with Gasteiger partial charge in [-0.1, -0.05) is 12.1 Å². The number of carbonyl (C=O) groups is 1. The number of morpholine rings is 1. The smallest absolute Gasteiger partial charge is 0.339 e. The number of rotatable bonds is 5.